The van der Waals surface area contributed by atoms with E-state index in [1.165, 1.54) is 10.6 Å². The SMILES string of the molecule is Cn1cc(Br)c(O[C@H]2CC[C@H](N(CC(=O)O)C(=O)C3(C)CC3)CC2)cc1=O. The van der Waals surface area contributed by atoms with E-state index in [0.29, 0.717) is 31.4 Å². The number of rotatable bonds is 6. The minimum absolute atomic E-state index is 0.0384. The zero-order valence-electron chi connectivity index (χ0n) is 15.6. The molecule has 1 N–H and O–H groups in total. The molecular formula is C19H25BrN2O5. The summed E-state index contributed by atoms with van der Waals surface area (Å²) in [5, 5.41) is 9.22. The zero-order chi connectivity index (χ0) is 19.8. The number of nitrogens with zero attached hydrogens (tertiary/aromatic N) is 2. The van der Waals surface area contributed by atoms with Gasteiger partial charge in [-0.2, -0.15) is 0 Å². The second-order valence-electron chi connectivity index (χ2n) is 7.87. The van der Waals surface area contributed by atoms with Gasteiger partial charge >= 0.3 is 5.97 Å². The smallest absolute Gasteiger partial charge is 0.323 e. The number of aromatic nitrogens is 1. The topological polar surface area (TPSA) is 88.8 Å². The first-order chi connectivity index (χ1) is 12.7. The normalized spacial score (nSPS) is 23.5. The highest BCUT2D eigenvalue weighted by atomic mass is 79.9. The van der Waals surface area contributed by atoms with Crippen molar-refractivity contribution in [3.05, 3.63) is 27.1 Å². The minimum atomic E-state index is -0.977. The summed E-state index contributed by atoms with van der Waals surface area (Å²) in [5.41, 5.74) is -0.518. The van der Waals surface area contributed by atoms with Gasteiger partial charge in [0, 0.05) is 30.8 Å². The van der Waals surface area contributed by atoms with E-state index in [-0.39, 0.29) is 35.6 Å². The Morgan fingerprint density at radius 3 is 2.52 bits per heavy atom. The summed E-state index contributed by atoms with van der Waals surface area (Å²) in [6.07, 6.45) is 6.10. The minimum Gasteiger partial charge on any atom is -0.489 e. The first-order valence-electron chi connectivity index (χ1n) is 9.25. The Labute approximate surface area is 166 Å². The van der Waals surface area contributed by atoms with Crippen molar-refractivity contribution in [1.82, 2.24) is 9.47 Å². The fraction of sp³-hybridized carbons (Fsp3) is 0.632. The number of pyridine rings is 1. The van der Waals surface area contributed by atoms with Gasteiger partial charge in [-0.15, -0.1) is 0 Å². The first-order valence-corrected chi connectivity index (χ1v) is 10.0. The number of aryl methyl sites for hydroxylation is 1. The van der Waals surface area contributed by atoms with Crippen LogP contribution in [0.1, 0.15) is 45.4 Å². The zero-order valence-corrected chi connectivity index (χ0v) is 17.2. The molecule has 0 spiro atoms. The lowest BCUT2D eigenvalue weighted by molar-refractivity contribution is -0.149. The van der Waals surface area contributed by atoms with Crippen LogP contribution in [0.25, 0.3) is 0 Å². The van der Waals surface area contributed by atoms with Gasteiger partial charge in [0.15, 0.2) is 0 Å². The largest absolute Gasteiger partial charge is 0.489 e. The molecule has 0 saturated heterocycles. The molecule has 0 unspecified atom stereocenters. The number of ether oxygens (including phenoxy) is 1. The number of carboxylic acids is 1. The van der Waals surface area contributed by atoms with Crippen molar-refractivity contribution in [3.63, 3.8) is 0 Å². The quantitative estimate of drug-likeness (QED) is 0.733. The van der Waals surface area contributed by atoms with Crippen LogP contribution in [0.3, 0.4) is 0 Å². The van der Waals surface area contributed by atoms with Gasteiger partial charge in [0.2, 0.25) is 5.91 Å². The molecule has 3 rings (SSSR count). The molecule has 1 aromatic rings. The summed E-state index contributed by atoms with van der Waals surface area (Å²) in [6.45, 7) is 1.66. The number of carbonyl (C=O) groups is 2. The molecule has 27 heavy (non-hydrogen) atoms. The molecular weight excluding hydrogens is 416 g/mol. The molecule has 0 bridgehead atoms. The number of hydrogen-bond acceptors (Lipinski definition) is 4. The van der Waals surface area contributed by atoms with E-state index in [2.05, 4.69) is 15.9 Å². The summed E-state index contributed by atoms with van der Waals surface area (Å²) in [4.78, 5) is 37.4. The molecule has 148 valence electrons. The lowest BCUT2D eigenvalue weighted by Crippen LogP contribution is -2.48. The van der Waals surface area contributed by atoms with Crippen LogP contribution in [0.5, 0.6) is 5.75 Å². The molecule has 0 aliphatic heterocycles. The van der Waals surface area contributed by atoms with Crippen LogP contribution in [0, 0.1) is 5.41 Å². The number of carbonyl (C=O) groups excluding carboxylic acids is 1. The summed E-state index contributed by atoms with van der Waals surface area (Å²) >= 11 is 3.42. The van der Waals surface area contributed by atoms with Crippen molar-refractivity contribution in [2.45, 2.75) is 57.6 Å². The maximum Gasteiger partial charge on any atom is 0.323 e. The Morgan fingerprint density at radius 2 is 1.96 bits per heavy atom. The lowest BCUT2D eigenvalue weighted by atomic mass is 9.90. The van der Waals surface area contributed by atoms with Crippen molar-refractivity contribution in [2.24, 2.45) is 12.5 Å². The van der Waals surface area contributed by atoms with Gasteiger partial charge < -0.3 is 19.3 Å². The Balaban J connectivity index is 1.63. The van der Waals surface area contributed by atoms with E-state index in [9.17, 15) is 19.5 Å². The fourth-order valence-corrected chi connectivity index (χ4v) is 4.10. The molecule has 2 fully saturated rings. The Hall–Kier alpha value is -1.83. The van der Waals surface area contributed by atoms with Gasteiger partial charge in [0.05, 0.1) is 10.6 Å². The highest BCUT2D eigenvalue weighted by molar-refractivity contribution is 9.10. The predicted octanol–water partition coefficient (Wildman–Crippen LogP) is 2.55. The maximum atomic E-state index is 12.7. The second-order valence-corrected chi connectivity index (χ2v) is 8.72. The number of halogens is 1. The van der Waals surface area contributed by atoms with Crippen molar-refractivity contribution in [3.8, 4) is 5.75 Å². The Bertz CT molecular complexity index is 794. The van der Waals surface area contributed by atoms with E-state index >= 15 is 0 Å². The van der Waals surface area contributed by atoms with E-state index in [4.69, 9.17) is 4.74 Å². The van der Waals surface area contributed by atoms with E-state index in [0.717, 1.165) is 17.3 Å². The van der Waals surface area contributed by atoms with Crippen molar-refractivity contribution in [1.29, 1.82) is 0 Å². The van der Waals surface area contributed by atoms with Crippen molar-refractivity contribution in [2.75, 3.05) is 6.54 Å². The molecule has 1 heterocycles. The predicted molar refractivity (Wildman–Crippen MR) is 103 cm³/mol. The van der Waals surface area contributed by atoms with E-state index in [1.807, 2.05) is 6.92 Å². The molecule has 0 atom stereocenters. The highest BCUT2D eigenvalue weighted by Crippen LogP contribution is 2.47. The molecule has 8 heteroatoms. The summed E-state index contributed by atoms with van der Waals surface area (Å²) in [6, 6.07) is 1.39. The van der Waals surface area contributed by atoms with Crippen LogP contribution < -0.4 is 10.3 Å². The van der Waals surface area contributed by atoms with Gasteiger partial charge in [-0.1, -0.05) is 6.92 Å². The summed E-state index contributed by atoms with van der Waals surface area (Å²) < 4.78 is 8.18. The van der Waals surface area contributed by atoms with Gasteiger partial charge in [0.25, 0.3) is 5.56 Å². The molecule has 0 radical (unpaired) electrons. The number of hydrogen-bond donors (Lipinski definition) is 1. The molecule has 7 nitrogen and oxygen atoms in total. The van der Waals surface area contributed by atoms with Crippen molar-refractivity contribution < 1.29 is 19.4 Å². The molecule has 1 amide bonds. The molecule has 2 saturated carbocycles. The summed E-state index contributed by atoms with van der Waals surface area (Å²) in [5.74, 6) is -0.496. The fourth-order valence-electron chi connectivity index (χ4n) is 3.59. The second kappa shape index (κ2) is 7.66. The third-order valence-corrected chi connectivity index (χ3v) is 6.20. The highest BCUT2D eigenvalue weighted by Gasteiger charge is 2.49. The Morgan fingerprint density at radius 1 is 1.33 bits per heavy atom. The third-order valence-electron chi connectivity index (χ3n) is 5.61. The van der Waals surface area contributed by atoms with E-state index < -0.39 is 5.97 Å². The number of carboxylic acid groups (broad SMARTS) is 1. The van der Waals surface area contributed by atoms with E-state index in [1.54, 1.807) is 18.1 Å². The summed E-state index contributed by atoms with van der Waals surface area (Å²) in [7, 11) is 1.68. The van der Waals surface area contributed by atoms with Crippen LogP contribution in [-0.4, -0.2) is 45.1 Å². The standard InChI is InChI=1S/C19H25BrN2O5/c1-19(7-8-19)18(26)22(11-17(24)25)12-3-5-13(6-4-12)27-15-9-16(23)21(2)10-14(15)20/h9-10,12-13H,3-8,11H2,1-2H3,(H,24,25)/t12-,13-. The average molecular weight is 441 g/mol. The van der Waals surface area contributed by atoms with Gasteiger partial charge in [-0.05, 0) is 54.5 Å². The van der Waals surface area contributed by atoms with Gasteiger partial charge in [0.1, 0.15) is 12.3 Å². The molecule has 2 aliphatic carbocycles. The Kier molecular flexibility index (Phi) is 5.65. The van der Waals surface area contributed by atoms with Gasteiger partial charge in [-0.3, -0.25) is 14.4 Å². The molecule has 1 aromatic heterocycles. The molecule has 2 aliphatic rings. The van der Waals surface area contributed by atoms with Crippen LogP contribution in [0.4, 0.5) is 0 Å². The van der Waals surface area contributed by atoms with Crippen molar-refractivity contribution >= 4 is 27.8 Å². The lowest BCUT2D eigenvalue weighted by Gasteiger charge is -2.37. The monoisotopic (exact) mass is 440 g/mol. The van der Waals surface area contributed by atoms with Crippen LogP contribution in [0.15, 0.2) is 21.5 Å². The number of aliphatic carboxylic acids is 1. The maximum absolute atomic E-state index is 12.7. The third kappa shape index (κ3) is 4.54. The van der Waals surface area contributed by atoms with Gasteiger partial charge in [-0.25, -0.2) is 0 Å². The molecule has 0 aromatic carbocycles. The average Bonchev–Trinajstić information content (AvgIpc) is 3.36. The van der Waals surface area contributed by atoms with Crippen LogP contribution in [0.2, 0.25) is 0 Å². The first kappa shape index (κ1) is 19.9. The van der Waals surface area contributed by atoms with Crippen LogP contribution in [-0.2, 0) is 16.6 Å². The van der Waals surface area contributed by atoms with Crippen LogP contribution >= 0.6 is 15.9 Å². The number of amides is 1.